The molecule has 1 unspecified atom stereocenters. The van der Waals surface area contributed by atoms with Crippen molar-refractivity contribution in [3.8, 4) is 0 Å². The monoisotopic (exact) mass is 222 g/mol. The van der Waals surface area contributed by atoms with Gasteiger partial charge in [0.1, 0.15) is 0 Å². The minimum absolute atomic E-state index is 0.551. The summed E-state index contributed by atoms with van der Waals surface area (Å²) in [5, 5.41) is 0. The van der Waals surface area contributed by atoms with Gasteiger partial charge in [0.2, 0.25) is 0 Å². The lowest BCUT2D eigenvalue weighted by Crippen LogP contribution is -2.33. The molecule has 0 aromatic carbocycles. The van der Waals surface area contributed by atoms with Gasteiger partial charge in [-0.15, -0.1) is 0 Å². The molecule has 1 N–H and O–H groups in total. The maximum atomic E-state index is 9.19. The van der Waals surface area contributed by atoms with Gasteiger partial charge in [0, 0.05) is 26.0 Å². The summed E-state index contributed by atoms with van der Waals surface area (Å²) in [6.07, 6.45) is 5.50. The van der Waals surface area contributed by atoms with Gasteiger partial charge in [-0.2, -0.15) is 8.42 Å². The van der Waals surface area contributed by atoms with Crippen LogP contribution in [0.5, 0.6) is 0 Å². The maximum absolute atomic E-state index is 9.19. The highest BCUT2D eigenvalue weighted by Gasteiger charge is 2.15. The van der Waals surface area contributed by atoms with Crippen LogP contribution in [-0.2, 0) is 10.1 Å². The second kappa shape index (κ2) is 5.21. The molecule has 0 aromatic rings. The summed E-state index contributed by atoms with van der Waals surface area (Å²) in [6, 6.07) is 0. The number of rotatable bonds is 1. The lowest BCUT2D eigenvalue weighted by molar-refractivity contribution is 0.203. The van der Waals surface area contributed by atoms with Crippen molar-refractivity contribution in [3.63, 3.8) is 0 Å². The summed E-state index contributed by atoms with van der Waals surface area (Å²) in [7, 11) is -1.57. The van der Waals surface area contributed by atoms with Crippen molar-refractivity contribution in [1.29, 1.82) is 0 Å². The third kappa shape index (κ3) is 5.82. The van der Waals surface area contributed by atoms with Crippen molar-refractivity contribution in [2.24, 2.45) is 0 Å². The van der Waals surface area contributed by atoms with Crippen molar-refractivity contribution in [3.05, 3.63) is 12.4 Å². The molecule has 1 aliphatic heterocycles. The first-order valence-electron chi connectivity index (χ1n) is 4.34. The predicted octanol–water partition coefficient (Wildman–Crippen LogP) is 0.575. The van der Waals surface area contributed by atoms with Gasteiger partial charge >= 0.3 is 0 Å². The normalized spacial score (nSPS) is 20.8. The van der Waals surface area contributed by atoms with Crippen LogP contribution in [0.3, 0.4) is 0 Å². The average Bonchev–Trinajstić information content (AvgIpc) is 2.30. The standard InChI is InChI=1S/C7H14N2.CH4O3S/c1-4-9-6-5-8(3)7(9)2;1-5(2,3)4/h5-7H,4H2,1-3H3;1H3,(H,2,3,4). The van der Waals surface area contributed by atoms with Crippen LogP contribution in [0, 0.1) is 0 Å². The zero-order chi connectivity index (χ0) is 11.4. The minimum Gasteiger partial charge on any atom is -0.359 e. The van der Waals surface area contributed by atoms with E-state index in [1.165, 1.54) is 0 Å². The molecule has 0 saturated carbocycles. The fourth-order valence-electron chi connectivity index (χ4n) is 1.04. The molecule has 0 spiro atoms. The van der Waals surface area contributed by atoms with E-state index < -0.39 is 10.1 Å². The van der Waals surface area contributed by atoms with Gasteiger partial charge in [0.15, 0.2) is 0 Å². The SMILES string of the molecule is CCN1C=CN(C)C1C.CS(=O)(=O)O. The van der Waals surface area contributed by atoms with E-state index in [9.17, 15) is 8.42 Å². The van der Waals surface area contributed by atoms with Gasteiger partial charge in [-0.05, 0) is 13.8 Å². The zero-order valence-electron chi connectivity index (χ0n) is 9.01. The number of hydrogen-bond donors (Lipinski definition) is 1. The fraction of sp³-hybridized carbons (Fsp3) is 0.750. The minimum atomic E-state index is -3.67. The third-order valence-corrected chi connectivity index (χ3v) is 1.93. The Morgan fingerprint density at radius 1 is 1.43 bits per heavy atom. The number of hydrogen-bond acceptors (Lipinski definition) is 4. The van der Waals surface area contributed by atoms with E-state index in [1.54, 1.807) is 0 Å². The van der Waals surface area contributed by atoms with Gasteiger partial charge in [-0.3, -0.25) is 4.55 Å². The Morgan fingerprint density at radius 3 is 2.00 bits per heavy atom. The van der Waals surface area contributed by atoms with E-state index in [0.29, 0.717) is 12.4 Å². The first kappa shape index (κ1) is 13.2. The second-order valence-corrected chi connectivity index (χ2v) is 4.62. The highest BCUT2D eigenvalue weighted by molar-refractivity contribution is 7.85. The Balaban J connectivity index is 0.000000292. The Morgan fingerprint density at radius 2 is 1.86 bits per heavy atom. The molecule has 5 nitrogen and oxygen atoms in total. The van der Waals surface area contributed by atoms with Crippen LogP contribution in [0.2, 0.25) is 0 Å². The summed E-state index contributed by atoms with van der Waals surface area (Å²) in [4.78, 5) is 4.49. The van der Waals surface area contributed by atoms with Gasteiger partial charge in [-0.1, -0.05) is 0 Å². The van der Waals surface area contributed by atoms with E-state index in [1.807, 2.05) is 0 Å². The molecule has 1 atom stereocenters. The fourth-order valence-corrected chi connectivity index (χ4v) is 1.04. The van der Waals surface area contributed by atoms with Gasteiger partial charge in [0.25, 0.3) is 10.1 Å². The van der Waals surface area contributed by atoms with Crippen molar-refractivity contribution >= 4 is 10.1 Å². The topological polar surface area (TPSA) is 60.9 Å². The molecule has 1 rings (SSSR count). The third-order valence-electron chi connectivity index (χ3n) is 1.93. The largest absolute Gasteiger partial charge is 0.359 e. The first-order valence-corrected chi connectivity index (χ1v) is 6.19. The van der Waals surface area contributed by atoms with Crippen molar-refractivity contribution in [2.45, 2.75) is 20.0 Å². The molecule has 14 heavy (non-hydrogen) atoms. The number of nitrogens with zero attached hydrogens (tertiary/aromatic N) is 2. The maximum Gasteiger partial charge on any atom is 0.261 e. The van der Waals surface area contributed by atoms with Crippen LogP contribution in [0.25, 0.3) is 0 Å². The Kier molecular flexibility index (Phi) is 4.93. The van der Waals surface area contributed by atoms with E-state index in [-0.39, 0.29) is 0 Å². The summed E-state index contributed by atoms with van der Waals surface area (Å²) in [5.41, 5.74) is 0. The van der Waals surface area contributed by atoms with Crippen molar-refractivity contribution in [2.75, 3.05) is 19.8 Å². The second-order valence-electron chi connectivity index (χ2n) is 3.16. The van der Waals surface area contributed by atoms with Crippen LogP contribution in [0.4, 0.5) is 0 Å². The lowest BCUT2D eigenvalue weighted by Gasteiger charge is -2.25. The molecule has 1 heterocycles. The summed E-state index contributed by atoms with van der Waals surface area (Å²) in [5.74, 6) is 0. The van der Waals surface area contributed by atoms with Crippen molar-refractivity contribution in [1.82, 2.24) is 9.80 Å². The average molecular weight is 222 g/mol. The summed E-state index contributed by atoms with van der Waals surface area (Å²) in [6.45, 7) is 5.46. The summed E-state index contributed by atoms with van der Waals surface area (Å²) >= 11 is 0. The van der Waals surface area contributed by atoms with E-state index in [2.05, 4.69) is 43.1 Å². The van der Waals surface area contributed by atoms with Gasteiger partial charge < -0.3 is 9.80 Å². The molecule has 0 saturated heterocycles. The predicted molar refractivity (Wildman–Crippen MR) is 56.2 cm³/mol. The van der Waals surface area contributed by atoms with E-state index in [0.717, 1.165) is 6.54 Å². The smallest absolute Gasteiger partial charge is 0.261 e. The molecular formula is C8H18N2O3S. The molecule has 0 aliphatic carbocycles. The summed E-state index contributed by atoms with van der Waals surface area (Å²) < 4.78 is 25.9. The molecule has 6 heteroatoms. The molecule has 0 radical (unpaired) electrons. The Bertz CT molecular complexity index is 279. The van der Waals surface area contributed by atoms with Crippen LogP contribution in [0.1, 0.15) is 13.8 Å². The van der Waals surface area contributed by atoms with E-state index >= 15 is 0 Å². The Hall–Kier alpha value is -0.750. The highest BCUT2D eigenvalue weighted by Crippen LogP contribution is 2.11. The molecule has 84 valence electrons. The van der Waals surface area contributed by atoms with Crippen LogP contribution in [0.15, 0.2) is 12.4 Å². The highest BCUT2D eigenvalue weighted by atomic mass is 32.2. The molecule has 0 aromatic heterocycles. The van der Waals surface area contributed by atoms with Gasteiger partial charge in [0.05, 0.1) is 12.4 Å². The Labute approximate surface area is 85.8 Å². The van der Waals surface area contributed by atoms with Crippen LogP contribution < -0.4 is 0 Å². The molecule has 0 bridgehead atoms. The van der Waals surface area contributed by atoms with Crippen molar-refractivity contribution < 1.29 is 13.0 Å². The molecule has 1 aliphatic rings. The zero-order valence-corrected chi connectivity index (χ0v) is 9.82. The van der Waals surface area contributed by atoms with E-state index in [4.69, 9.17) is 4.55 Å². The molecular weight excluding hydrogens is 204 g/mol. The quantitative estimate of drug-likeness (QED) is 0.657. The lowest BCUT2D eigenvalue weighted by atomic mass is 10.5. The van der Waals surface area contributed by atoms with Gasteiger partial charge in [-0.25, -0.2) is 0 Å². The van der Waals surface area contributed by atoms with Crippen LogP contribution in [-0.4, -0.2) is 48.8 Å². The molecule has 0 amide bonds. The first-order chi connectivity index (χ1) is 6.25. The van der Waals surface area contributed by atoms with Crippen LogP contribution >= 0.6 is 0 Å². The molecule has 0 fully saturated rings.